The van der Waals surface area contributed by atoms with E-state index in [2.05, 4.69) is 10.3 Å². The van der Waals surface area contributed by atoms with Gasteiger partial charge in [0.25, 0.3) is 5.91 Å². The molecule has 8 heteroatoms. The van der Waals surface area contributed by atoms with Gasteiger partial charge in [-0.2, -0.15) is 0 Å². The first kappa shape index (κ1) is 21.1. The Bertz CT molecular complexity index is 922. The van der Waals surface area contributed by atoms with Crippen LogP contribution >= 0.6 is 36.2 Å². The van der Waals surface area contributed by atoms with Crippen LogP contribution in [0.5, 0.6) is 0 Å². The highest BCUT2D eigenvalue weighted by Gasteiger charge is 2.38. The van der Waals surface area contributed by atoms with Gasteiger partial charge in [-0.1, -0.05) is 12.1 Å². The number of fused-ring (bicyclic) bond motifs is 1. The summed E-state index contributed by atoms with van der Waals surface area (Å²) in [5.41, 5.74) is 1.37. The molecule has 2 aliphatic heterocycles. The number of piperidine rings is 1. The van der Waals surface area contributed by atoms with E-state index >= 15 is 0 Å². The molecule has 0 radical (unpaired) electrons. The van der Waals surface area contributed by atoms with Gasteiger partial charge < -0.3 is 14.6 Å². The number of amides is 1. The van der Waals surface area contributed by atoms with Crippen LogP contribution in [0.3, 0.4) is 0 Å². The van der Waals surface area contributed by atoms with Gasteiger partial charge in [0.1, 0.15) is 0 Å². The van der Waals surface area contributed by atoms with Crippen molar-refractivity contribution in [2.75, 3.05) is 26.2 Å². The van der Waals surface area contributed by atoms with Crippen molar-refractivity contribution in [3.8, 4) is 10.8 Å². The topological polar surface area (TPSA) is 58.4 Å². The Labute approximate surface area is 180 Å². The Morgan fingerprint density at radius 2 is 1.89 bits per heavy atom. The van der Waals surface area contributed by atoms with Crippen molar-refractivity contribution in [1.29, 1.82) is 0 Å². The molecule has 3 aromatic rings. The quantitative estimate of drug-likeness (QED) is 0.632. The minimum Gasteiger partial charge on any atom is -0.448 e. The highest BCUT2D eigenvalue weighted by molar-refractivity contribution is 7.21. The van der Waals surface area contributed by atoms with Crippen LogP contribution in [0.2, 0.25) is 0 Å². The van der Waals surface area contributed by atoms with E-state index in [-0.39, 0.29) is 30.7 Å². The lowest BCUT2D eigenvalue weighted by Gasteiger charge is -2.38. The number of para-hydroxylation sites is 1. The third-order valence-corrected chi connectivity index (χ3v) is 6.82. The number of furan rings is 1. The van der Waals surface area contributed by atoms with Crippen LogP contribution in [-0.2, 0) is 0 Å². The van der Waals surface area contributed by atoms with Crippen LogP contribution < -0.4 is 5.32 Å². The SMILES string of the molecule is Cl.Cl.O=C(c1ccc(-c2nc3ccccc3s2)o1)N1CCC2(CCNC2)CC1. The van der Waals surface area contributed by atoms with Gasteiger partial charge in [-0.15, -0.1) is 36.2 Å². The van der Waals surface area contributed by atoms with Gasteiger partial charge in [-0.25, -0.2) is 4.98 Å². The van der Waals surface area contributed by atoms with E-state index in [0.29, 0.717) is 16.9 Å². The van der Waals surface area contributed by atoms with Crippen molar-refractivity contribution in [2.45, 2.75) is 19.3 Å². The number of nitrogens with zero attached hydrogens (tertiary/aromatic N) is 2. The third kappa shape index (κ3) is 3.79. The number of halogens is 2. The third-order valence-electron chi connectivity index (χ3n) is 5.76. The lowest BCUT2D eigenvalue weighted by molar-refractivity contribution is 0.0578. The van der Waals surface area contributed by atoms with Gasteiger partial charge in [-0.05, 0) is 55.5 Å². The van der Waals surface area contributed by atoms with Crippen molar-refractivity contribution in [1.82, 2.24) is 15.2 Å². The summed E-state index contributed by atoms with van der Waals surface area (Å²) in [6, 6.07) is 11.7. The number of hydrogen-bond acceptors (Lipinski definition) is 5. The number of carbonyl (C=O) groups excluding carboxylic acids is 1. The summed E-state index contributed by atoms with van der Waals surface area (Å²) < 4.78 is 7.00. The second kappa shape index (κ2) is 8.41. The maximum Gasteiger partial charge on any atom is 0.289 e. The molecule has 5 rings (SSSR count). The first-order chi connectivity index (χ1) is 12.7. The minimum absolute atomic E-state index is 0. The maximum atomic E-state index is 12.8. The van der Waals surface area contributed by atoms with Crippen molar-refractivity contribution < 1.29 is 9.21 Å². The van der Waals surface area contributed by atoms with E-state index in [0.717, 1.165) is 54.2 Å². The smallest absolute Gasteiger partial charge is 0.289 e. The van der Waals surface area contributed by atoms with E-state index in [4.69, 9.17) is 4.42 Å². The molecule has 0 saturated carbocycles. The molecule has 2 aromatic heterocycles. The summed E-state index contributed by atoms with van der Waals surface area (Å²) in [5, 5.41) is 4.28. The number of nitrogens with one attached hydrogen (secondary N) is 1. The van der Waals surface area contributed by atoms with Gasteiger partial charge in [0.2, 0.25) is 0 Å². The Kier molecular flexibility index (Phi) is 6.34. The molecule has 1 amide bonds. The van der Waals surface area contributed by atoms with E-state index in [1.165, 1.54) is 6.42 Å². The van der Waals surface area contributed by atoms with Gasteiger partial charge >= 0.3 is 0 Å². The number of hydrogen-bond donors (Lipinski definition) is 1. The average Bonchev–Trinajstić information content (AvgIpc) is 3.41. The zero-order chi connectivity index (χ0) is 17.6. The molecule has 2 fully saturated rings. The molecule has 1 spiro atoms. The largest absolute Gasteiger partial charge is 0.448 e. The molecule has 0 bridgehead atoms. The fourth-order valence-electron chi connectivity index (χ4n) is 4.11. The van der Waals surface area contributed by atoms with E-state index in [9.17, 15) is 4.79 Å². The lowest BCUT2D eigenvalue weighted by Crippen LogP contribution is -2.43. The maximum absolute atomic E-state index is 12.8. The first-order valence-corrected chi connectivity index (χ1v) is 10.00. The molecule has 1 aromatic carbocycles. The van der Waals surface area contributed by atoms with Crippen molar-refractivity contribution in [3.05, 3.63) is 42.2 Å². The molecule has 4 heterocycles. The first-order valence-electron chi connectivity index (χ1n) is 9.18. The van der Waals surface area contributed by atoms with Gasteiger partial charge in [0.05, 0.1) is 10.2 Å². The van der Waals surface area contributed by atoms with E-state index < -0.39 is 0 Å². The molecule has 2 aliphatic rings. The van der Waals surface area contributed by atoms with Crippen LogP contribution in [-0.4, -0.2) is 42.0 Å². The van der Waals surface area contributed by atoms with E-state index in [1.807, 2.05) is 35.2 Å². The van der Waals surface area contributed by atoms with Gasteiger partial charge in [-0.3, -0.25) is 4.79 Å². The molecule has 0 unspecified atom stereocenters. The second-order valence-electron chi connectivity index (χ2n) is 7.37. The summed E-state index contributed by atoms with van der Waals surface area (Å²) >= 11 is 1.59. The fourth-order valence-corrected chi connectivity index (χ4v) is 5.04. The summed E-state index contributed by atoms with van der Waals surface area (Å²) in [6.45, 7) is 3.84. The molecular formula is C20H23Cl2N3O2S. The monoisotopic (exact) mass is 439 g/mol. The normalized spacial score (nSPS) is 18.1. The Morgan fingerprint density at radius 3 is 2.61 bits per heavy atom. The van der Waals surface area contributed by atoms with E-state index in [1.54, 1.807) is 17.4 Å². The standard InChI is InChI=1S/C20H21N3O2S.2ClH/c24-19(23-11-8-20(9-12-23)7-10-21-13-20)16-6-5-15(25-16)18-22-14-3-1-2-4-17(14)26-18;;/h1-6,21H,7-13H2;2*1H. The van der Waals surface area contributed by atoms with Crippen LogP contribution in [0.1, 0.15) is 29.8 Å². The Hall–Kier alpha value is -1.60. The molecular weight excluding hydrogens is 417 g/mol. The van der Waals surface area contributed by atoms with Crippen molar-refractivity contribution >= 4 is 52.3 Å². The highest BCUT2D eigenvalue weighted by Crippen LogP contribution is 2.37. The van der Waals surface area contributed by atoms with Crippen LogP contribution in [0, 0.1) is 5.41 Å². The molecule has 150 valence electrons. The predicted molar refractivity (Wildman–Crippen MR) is 117 cm³/mol. The minimum atomic E-state index is -0.00170. The molecule has 0 aliphatic carbocycles. The number of carbonyl (C=O) groups is 1. The number of rotatable bonds is 2. The van der Waals surface area contributed by atoms with Crippen molar-refractivity contribution in [3.63, 3.8) is 0 Å². The number of benzene rings is 1. The number of aromatic nitrogens is 1. The van der Waals surface area contributed by atoms with Crippen LogP contribution in [0.4, 0.5) is 0 Å². The molecule has 1 N–H and O–H groups in total. The number of thiazole rings is 1. The summed E-state index contributed by atoms with van der Waals surface area (Å²) in [6.07, 6.45) is 3.39. The Morgan fingerprint density at radius 1 is 1.11 bits per heavy atom. The predicted octanol–water partition coefficient (Wildman–Crippen LogP) is 4.62. The zero-order valence-corrected chi connectivity index (χ0v) is 17.8. The second-order valence-corrected chi connectivity index (χ2v) is 8.40. The Balaban J connectivity index is 0.00000112. The highest BCUT2D eigenvalue weighted by atomic mass is 35.5. The molecule has 2 saturated heterocycles. The fraction of sp³-hybridized carbons (Fsp3) is 0.400. The lowest BCUT2D eigenvalue weighted by atomic mass is 9.78. The molecule has 0 atom stereocenters. The summed E-state index contributed by atoms with van der Waals surface area (Å²) in [5.74, 6) is 1.08. The molecule has 5 nitrogen and oxygen atoms in total. The zero-order valence-electron chi connectivity index (χ0n) is 15.3. The summed E-state index contributed by atoms with van der Waals surface area (Å²) in [7, 11) is 0. The van der Waals surface area contributed by atoms with Crippen molar-refractivity contribution in [2.24, 2.45) is 5.41 Å². The van der Waals surface area contributed by atoms with Gasteiger partial charge in [0.15, 0.2) is 16.5 Å². The van der Waals surface area contributed by atoms with Crippen LogP contribution in [0.15, 0.2) is 40.8 Å². The average molecular weight is 440 g/mol. The van der Waals surface area contributed by atoms with Gasteiger partial charge in [0, 0.05) is 19.6 Å². The van der Waals surface area contributed by atoms with Crippen LogP contribution in [0.25, 0.3) is 21.0 Å². The summed E-state index contributed by atoms with van der Waals surface area (Å²) in [4.78, 5) is 19.4. The number of likely N-dealkylation sites (tertiary alicyclic amines) is 1. The molecule has 28 heavy (non-hydrogen) atoms.